The molecule has 36 heteroatoms. The normalized spacial score (nSPS) is 13.8. The number of para-hydroxylation sites is 7. The Labute approximate surface area is 816 Å². The number of aromatic amines is 3. The monoisotopic (exact) mass is 1910 g/mol. The first-order valence-electron chi connectivity index (χ1n) is 44.2. The molecule has 14 N–H and O–H groups in total. The molecule has 2 amide bonds. The first-order valence-corrected chi connectivity index (χ1v) is 44.6. The summed E-state index contributed by atoms with van der Waals surface area (Å²) in [6.45, 7) is 7.61. The zero-order chi connectivity index (χ0) is 100. The number of H-pyrrole nitrogens is 3. The third kappa shape index (κ3) is 25.0. The zero-order valence-electron chi connectivity index (χ0n) is 76.9. The van der Waals surface area contributed by atoms with Gasteiger partial charge in [0.05, 0.1) is 59.3 Å². The first kappa shape index (κ1) is 98.6. The number of phenolic OH excluding ortho intramolecular Hbond substituents is 6. The first-order chi connectivity index (χ1) is 68.9. The molecule has 17 aromatic rings. The van der Waals surface area contributed by atoms with E-state index in [4.69, 9.17) is 22.7 Å². The number of carbonyl (C=O) groups excluding carboxylic acids is 3. The smallest absolute Gasteiger partial charge is 0.364 e. The average molecular weight is 1920 g/mol. The molecule has 0 spiro atoms. The molecular weight excluding hydrogens is 1820 g/mol. The SMILES string of the molecule is C/C(=N\Nc1ccc2ccccc2n1)c1ccccc1O.CC1=CC2NC(=S)N(/C=C3\C(=O)Oc4ccccc4C3=O)C2C=C1.CCc1n[nH]c(=O)n1/N=C/c1c(O)ccc2ccccc12.CCc1n[nH]c(=O)n1/N=C/c1ccccc1O.CN(/C=C/c1ccccc1O)c1ccc2ccccc2n1.NC(=O)N/N=C/c1ccccc1O.O=c1[nH]nc(-c2ccccc2)n1/N=C/c1c(O)ccc2ccccc12. The van der Waals surface area contributed by atoms with Gasteiger partial charge >= 0.3 is 29.1 Å². The van der Waals surface area contributed by atoms with Gasteiger partial charge in [0.15, 0.2) is 22.6 Å². The molecule has 712 valence electrons. The maximum atomic E-state index is 12.6. The van der Waals surface area contributed by atoms with Gasteiger partial charge in [0, 0.05) is 82.0 Å². The topological polar surface area (TPSA) is 490 Å². The molecule has 20 rings (SSSR count). The lowest BCUT2D eigenvalue weighted by Crippen LogP contribution is -2.34. The van der Waals surface area contributed by atoms with Gasteiger partial charge in [-0.25, -0.2) is 54.7 Å². The van der Waals surface area contributed by atoms with Crippen molar-refractivity contribution < 1.29 is 49.8 Å². The molecule has 0 saturated carbocycles. The van der Waals surface area contributed by atoms with Crippen molar-refractivity contribution in [3.8, 4) is 51.6 Å². The Morgan fingerprint density at radius 2 is 1.01 bits per heavy atom. The maximum absolute atomic E-state index is 12.6. The summed E-state index contributed by atoms with van der Waals surface area (Å²) in [5, 5.41) is 107. The number of hydrogen-bond acceptors (Lipinski definition) is 26. The Kier molecular flexibility index (Phi) is 32.8. The number of allylic oxidation sites excluding steroid dienone is 2. The van der Waals surface area contributed by atoms with E-state index < -0.39 is 29.1 Å². The van der Waals surface area contributed by atoms with Gasteiger partial charge in [-0.15, -0.1) is 0 Å². The van der Waals surface area contributed by atoms with E-state index in [0.29, 0.717) is 86.1 Å². The molecule has 2 aliphatic heterocycles. The summed E-state index contributed by atoms with van der Waals surface area (Å²) in [5.74, 6) is 3.22. The average Bonchev–Trinajstić information content (AvgIpc) is 1.32. The highest BCUT2D eigenvalue weighted by molar-refractivity contribution is 7.80. The van der Waals surface area contributed by atoms with E-state index in [1.807, 2.05) is 251 Å². The van der Waals surface area contributed by atoms with Crippen LogP contribution in [-0.2, 0) is 17.6 Å². The minimum absolute atomic E-state index is 0.0156. The van der Waals surface area contributed by atoms with Crippen LogP contribution < -0.4 is 48.6 Å². The van der Waals surface area contributed by atoms with E-state index >= 15 is 0 Å². The fourth-order valence-electron chi connectivity index (χ4n) is 14.4. The molecule has 142 heavy (non-hydrogen) atoms. The second-order valence-electron chi connectivity index (χ2n) is 31.2. The Bertz CT molecular complexity index is 7970. The van der Waals surface area contributed by atoms with E-state index in [1.54, 1.807) is 108 Å². The van der Waals surface area contributed by atoms with Gasteiger partial charge in [0.2, 0.25) is 5.78 Å². The highest BCUT2D eigenvalue weighted by atomic mass is 32.1. The van der Waals surface area contributed by atoms with Gasteiger partial charge in [-0.2, -0.15) is 54.8 Å². The minimum atomic E-state index is -0.744. The lowest BCUT2D eigenvalue weighted by atomic mass is 9.98. The number of benzene rings is 12. The molecule has 2 atom stereocenters. The predicted octanol–water partition coefficient (Wildman–Crippen LogP) is 15.9. The van der Waals surface area contributed by atoms with Crippen LogP contribution >= 0.6 is 12.2 Å². The van der Waals surface area contributed by atoms with Crippen LogP contribution in [0.2, 0.25) is 0 Å². The van der Waals surface area contributed by atoms with Gasteiger partial charge < -0.3 is 56.2 Å². The summed E-state index contributed by atoms with van der Waals surface area (Å²) in [5.41, 5.74) is 17.0. The molecule has 0 bridgehead atoms. The fraction of sp³-hybridized carbons (Fsp3) is 0.0849. The molecule has 1 aliphatic carbocycles. The number of hydrazone groups is 2. The number of esters is 1. The van der Waals surface area contributed by atoms with Crippen LogP contribution in [0.5, 0.6) is 40.2 Å². The summed E-state index contributed by atoms with van der Waals surface area (Å²) >= 11 is 5.36. The number of primary amides is 1. The number of nitrogens with two attached hydrogens (primary N) is 1. The molecule has 3 aliphatic rings. The second-order valence-corrected chi connectivity index (χ2v) is 31.6. The molecular formula is C106H94N22O13S. The summed E-state index contributed by atoms with van der Waals surface area (Å²) in [7, 11) is 1.94. The third-order valence-electron chi connectivity index (χ3n) is 21.7. The van der Waals surface area contributed by atoms with E-state index in [1.165, 1.54) is 51.2 Å². The number of thiocarbonyl (C=S) groups is 1. The molecule has 7 heterocycles. The predicted molar refractivity (Wildman–Crippen MR) is 555 cm³/mol. The van der Waals surface area contributed by atoms with Crippen molar-refractivity contribution in [3.63, 3.8) is 0 Å². The van der Waals surface area contributed by atoms with Crippen LogP contribution in [0.1, 0.15) is 83.1 Å². The Balaban J connectivity index is 0.000000133. The van der Waals surface area contributed by atoms with Crippen molar-refractivity contribution in [2.45, 2.75) is 52.6 Å². The van der Waals surface area contributed by atoms with Crippen LogP contribution in [-0.4, -0.2) is 163 Å². The van der Waals surface area contributed by atoms with Crippen LogP contribution in [0.25, 0.3) is 60.8 Å². The number of rotatable bonds is 18. The van der Waals surface area contributed by atoms with Gasteiger partial charge in [0.25, 0.3) is 0 Å². The van der Waals surface area contributed by atoms with Crippen LogP contribution in [0, 0.1) is 0 Å². The number of aromatic nitrogens is 11. The van der Waals surface area contributed by atoms with E-state index in [2.05, 4.69) is 89.0 Å². The number of phenols is 6. The van der Waals surface area contributed by atoms with E-state index in [0.717, 1.165) is 65.9 Å². The van der Waals surface area contributed by atoms with Crippen molar-refractivity contribution in [1.29, 1.82) is 0 Å². The number of urea groups is 1. The number of pyridine rings is 2. The number of aromatic hydroxyl groups is 6. The van der Waals surface area contributed by atoms with Crippen molar-refractivity contribution >= 4 is 127 Å². The number of carbonyl (C=O) groups is 3. The molecule has 35 nitrogen and oxygen atoms in total. The lowest BCUT2D eigenvalue weighted by Gasteiger charge is -2.24. The second kappa shape index (κ2) is 47.2. The van der Waals surface area contributed by atoms with Crippen molar-refractivity contribution in [2.75, 3.05) is 17.4 Å². The number of nitrogens with one attached hydrogen (secondary N) is 6. The molecule has 1 saturated heterocycles. The van der Waals surface area contributed by atoms with Crippen LogP contribution in [0.4, 0.5) is 16.4 Å². The van der Waals surface area contributed by atoms with E-state index in [-0.39, 0.29) is 57.9 Å². The van der Waals surface area contributed by atoms with Crippen molar-refractivity contribution in [2.24, 2.45) is 31.2 Å². The third-order valence-corrected chi connectivity index (χ3v) is 22.0. The molecule has 12 aromatic carbocycles. The van der Waals surface area contributed by atoms with Crippen LogP contribution in [0.3, 0.4) is 0 Å². The number of hydrogen-bond donors (Lipinski definition) is 13. The summed E-state index contributed by atoms with van der Waals surface area (Å²) in [6.07, 6.45) is 18.2. The number of anilines is 2. The Hall–Kier alpha value is -19.4. The van der Waals surface area contributed by atoms with Gasteiger partial charge in [-0.1, -0.05) is 232 Å². The van der Waals surface area contributed by atoms with E-state index in [9.17, 15) is 59.4 Å². The highest BCUT2D eigenvalue weighted by Crippen LogP contribution is 2.33. The Morgan fingerprint density at radius 1 is 0.521 bits per heavy atom. The number of ketones is 1. The number of amides is 2. The minimum Gasteiger partial charge on any atom is -0.507 e. The fourth-order valence-corrected chi connectivity index (χ4v) is 14.7. The van der Waals surface area contributed by atoms with Crippen LogP contribution in [0.15, 0.2) is 379 Å². The number of Topliss-reactive ketones (excluding diaryl/α,β-unsaturated/α-hetero) is 1. The van der Waals surface area contributed by atoms with Gasteiger partial charge in [0.1, 0.15) is 57.5 Å². The maximum Gasteiger partial charge on any atom is 0.364 e. The molecule has 5 aromatic heterocycles. The number of ether oxygens (including phenoxy) is 1. The summed E-state index contributed by atoms with van der Waals surface area (Å²) in [4.78, 5) is 82.9. The quantitative estimate of drug-likeness (QED) is 0.00721. The number of aryl methyl sites for hydroxylation is 2. The largest absolute Gasteiger partial charge is 0.507 e. The van der Waals surface area contributed by atoms with Crippen molar-refractivity contribution in [1.82, 2.24) is 70.2 Å². The zero-order valence-corrected chi connectivity index (χ0v) is 77.7. The molecule has 0 radical (unpaired) electrons. The molecule has 1 fully saturated rings. The lowest BCUT2D eigenvalue weighted by molar-refractivity contribution is -0.130. The number of fused-ring (bicyclic) bond motifs is 6. The van der Waals surface area contributed by atoms with Crippen molar-refractivity contribution in [3.05, 3.63) is 421 Å². The Morgan fingerprint density at radius 3 is 1.60 bits per heavy atom. The van der Waals surface area contributed by atoms with Gasteiger partial charge in [-0.05, 0) is 157 Å². The highest BCUT2D eigenvalue weighted by Gasteiger charge is 2.38. The van der Waals surface area contributed by atoms with Gasteiger partial charge in [-0.3, -0.25) is 10.2 Å². The number of nitrogens with zero attached hydrogens (tertiary/aromatic N) is 15. The molecule has 2 unspecified atom stereocenters. The standard InChI is InChI=1S/C19H14N4O2.C18H14N2O3S.C18H16N2O.C17H15N3O.C15H14N4O2.C11H12N4O2.C8H9N3O2/c24-17-11-10-13-6-4-5-9-15(13)16(17)12-20-23-18(21-22-19(23)25)14-7-2-1-3-8-14;1-10-6-7-14-13(8-10)19-18(24)20(14)9-12-16(21)11-4-2-3-5-15(11)23-17(12)22;1-20(13-12-15-7-3-5-9-17(15)21)18-11-10-14-6-2-4-8-16(14)19-18;1-12(14-7-3-5-9-16(14)21)19-20-17-11-10-13-6-2-4-8-15(13)18-17;1-2-14-17-18-15(21)19(14)16-9-12-11-6-4-3-5-10(11)7-8-13(12)20;1-2-10-13-14-11(17)15(10)12-7-8-5-3-4-6-9(8)16;9-8(13)11-10-5-6-3-1-2-4-7(6)12/h1-12,24H,(H,22,25);2-9,13-14H,1H3,(H,19,24);2-13,21H,1H3;2-11,21H,1H3,(H,18,20);3-9,20H,2H2,1H3,(H,18,21);3-7,16H,2H2,1H3,(H,14,17);1-5,12H,(H3,9,11,13)/b20-12+;12-9-;13-12+;19-12+;16-9+;12-7+;10-5+. The summed E-state index contributed by atoms with van der Waals surface area (Å²) in [6, 6.07) is 89.0. The summed E-state index contributed by atoms with van der Waals surface area (Å²) < 4.78 is 8.81.